The van der Waals surface area contributed by atoms with Gasteiger partial charge in [-0.1, -0.05) is 18.2 Å². The van der Waals surface area contributed by atoms with Crippen molar-refractivity contribution in [1.82, 2.24) is 20.1 Å². The summed E-state index contributed by atoms with van der Waals surface area (Å²) in [6, 6.07) is 7.89. The van der Waals surface area contributed by atoms with Gasteiger partial charge in [-0.25, -0.2) is 0 Å². The van der Waals surface area contributed by atoms with E-state index in [4.69, 9.17) is 0 Å². The molecule has 0 aliphatic heterocycles. The van der Waals surface area contributed by atoms with Gasteiger partial charge >= 0.3 is 0 Å². The van der Waals surface area contributed by atoms with Gasteiger partial charge < -0.3 is 9.88 Å². The molecule has 0 radical (unpaired) electrons. The molecule has 3 aromatic rings. The molecule has 0 fully saturated rings. The van der Waals surface area contributed by atoms with Crippen LogP contribution in [0.25, 0.3) is 21.8 Å². The number of aromatic nitrogens is 3. The highest BCUT2D eigenvalue weighted by Crippen LogP contribution is 2.22. The van der Waals surface area contributed by atoms with Crippen molar-refractivity contribution < 1.29 is 0 Å². The monoisotopic (exact) mass is 256 g/mol. The molecule has 2 N–H and O–H groups in total. The fourth-order valence-corrected chi connectivity index (χ4v) is 2.48. The van der Waals surface area contributed by atoms with Crippen molar-refractivity contribution in [2.45, 2.75) is 13.5 Å². The third-order valence-electron chi connectivity index (χ3n) is 3.44. The first-order valence-electron chi connectivity index (χ1n) is 6.35. The molecule has 0 bridgehead atoms. The van der Waals surface area contributed by atoms with Gasteiger partial charge in [-0.15, -0.1) is 0 Å². The molecular formula is C14H16N4O. The molecule has 0 unspecified atom stereocenters. The van der Waals surface area contributed by atoms with Crippen LogP contribution in [0.15, 0.2) is 29.1 Å². The molecule has 0 atom stereocenters. The summed E-state index contributed by atoms with van der Waals surface area (Å²) >= 11 is 0. The SMILES string of the molecule is CNCCn1c(=O)c2c(C)[nH]nc2c2ccccc21. The molecule has 0 saturated carbocycles. The molecule has 1 aromatic carbocycles. The van der Waals surface area contributed by atoms with Gasteiger partial charge in [-0.05, 0) is 20.0 Å². The molecule has 2 heterocycles. The zero-order valence-electron chi connectivity index (χ0n) is 11.0. The molecule has 98 valence electrons. The highest BCUT2D eigenvalue weighted by atomic mass is 16.1. The summed E-state index contributed by atoms with van der Waals surface area (Å²) in [7, 11) is 1.88. The Balaban J connectivity index is 2.46. The van der Waals surface area contributed by atoms with Crippen molar-refractivity contribution in [2.24, 2.45) is 0 Å². The predicted molar refractivity (Wildman–Crippen MR) is 76.5 cm³/mol. The van der Waals surface area contributed by atoms with E-state index in [-0.39, 0.29) is 5.56 Å². The quantitative estimate of drug-likeness (QED) is 0.744. The topological polar surface area (TPSA) is 62.7 Å². The molecule has 19 heavy (non-hydrogen) atoms. The standard InChI is InChI=1S/C14H16N4O/c1-9-12-13(17-16-9)10-5-3-4-6-11(10)18(14(12)19)8-7-15-2/h3-6,15H,7-8H2,1-2H3,(H,16,17). The average Bonchev–Trinajstić information content (AvgIpc) is 2.81. The maximum atomic E-state index is 12.6. The number of aryl methyl sites for hydroxylation is 1. The third kappa shape index (κ3) is 1.74. The Bertz CT molecular complexity index is 800. The lowest BCUT2D eigenvalue weighted by Gasteiger charge is -2.10. The smallest absolute Gasteiger partial charge is 0.262 e. The second kappa shape index (κ2) is 4.51. The van der Waals surface area contributed by atoms with E-state index in [2.05, 4.69) is 15.5 Å². The van der Waals surface area contributed by atoms with Crippen LogP contribution in [-0.4, -0.2) is 28.4 Å². The summed E-state index contributed by atoms with van der Waals surface area (Å²) in [4.78, 5) is 12.6. The van der Waals surface area contributed by atoms with Gasteiger partial charge in [0.25, 0.3) is 5.56 Å². The number of rotatable bonds is 3. The van der Waals surface area contributed by atoms with Crippen LogP contribution in [-0.2, 0) is 6.54 Å². The van der Waals surface area contributed by atoms with Crippen molar-refractivity contribution in [3.63, 3.8) is 0 Å². The van der Waals surface area contributed by atoms with Crippen molar-refractivity contribution in [3.05, 3.63) is 40.3 Å². The minimum atomic E-state index is 0.0233. The number of hydrogen-bond acceptors (Lipinski definition) is 3. The predicted octanol–water partition coefficient (Wildman–Crippen LogP) is 1.41. The number of likely N-dealkylation sites (N-methyl/N-ethyl adjacent to an activating group) is 1. The second-order valence-corrected chi connectivity index (χ2v) is 4.65. The summed E-state index contributed by atoms with van der Waals surface area (Å²) in [6.07, 6.45) is 0. The van der Waals surface area contributed by atoms with Crippen LogP contribution in [0.2, 0.25) is 0 Å². The summed E-state index contributed by atoms with van der Waals surface area (Å²) < 4.78 is 1.82. The van der Waals surface area contributed by atoms with Crippen LogP contribution < -0.4 is 10.9 Å². The fourth-order valence-electron chi connectivity index (χ4n) is 2.48. The van der Waals surface area contributed by atoms with E-state index in [1.165, 1.54) is 0 Å². The Morgan fingerprint density at radius 3 is 2.95 bits per heavy atom. The molecule has 0 aliphatic carbocycles. The van der Waals surface area contributed by atoms with E-state index in [0.29, 0.717) is 11.9 Å². The van der Waals surface area contributed by atoms with Crippen LogP contribution in [0.4, 0.5) is 0 Å². The molecule has 0 saturated heterocycles. The summed E-state index contributed by atoms with van der Waals surface area (Å²) in [5.41, 5.74) is 2.54. The highest BCUT2D eigenvalue weighted by molar-refractivity contribution is 6.03. The van der Waals surface area contributed by atoms with E-state index < -0.39 is 0 Å². The summed E-state index contributed by atoms with van der Waals surface area (Å²) in [6.45, 7) is 3.29. The molecule has 0 amide bonds. The molecule has 0 spiro atoms. The molecule has 5 heteroatoms. The number of aromatic amines is 1. The minimum Gasteiger partial charge on any atom is -0.318 e. The van der Waals surface area contributed by atoms with Crippen LogP contribution in [0, 0.1) is 6.92 Å². The molecular weight excluding hydrogens is 240 g/mol. The van der Waals surface area contributed by atoms with Crippen LogP contribution in [0.5, 0.6) is 0 Å². The Morgan fingerprint density at radius 1 is 1.37 bits per heavy atom. The van der Waals surface area contributed by atoms with Gasteiger partial charge in [-0.2, -0.15) is 5.10 Å². The van der Waals surface area contributed by atoms with Gasteiger partial charge in [0.1, 0.15) is 5.52 Å². The number of hydrogen-bond donors (Lipinski definition) is 2. The first-order chi connectivity index (χ1) is 9.24. The fraction of sp³-hybridized carbons (Fsp3) is 0.286. The van der Waals surface area contributed by atoms with E-state index in [1.54, 1.807) is 0 Å². The maximum Gasteiger partial charge on any atom is 0.262 e. The molecule has 0 aliphatic rings. The summed E-state index contributed by atoms with van der Waals surface area (Å²) in [5, 5.41) is 12.0. The zero-order valence-corrected chi connectivity index (χ0v) is 11.0. The largest absolute Gasteiger partial charge is 0.318 e. The lowest BCUT2D eigenvalue weighted by molar-refractivity contribution is 0.647. The van der Waals surface area contributed by atoms with Crippen LogP contribution in [0.1, 0.15) is 5.69 Å². The van der Waals surface area contributed by atoms with Gasteiger partial charge in [0.05, 0.1) is 10.9 Å². The zero-order chi connectivity index (χ0) is 13.4. The Kier molecular flexibility index (Phi) is 2.83. The van der Waals surface area contributed by atoms with E-state index in [1.807, 2.05) is 42.8 Å². The number of benzene rings is 1. The number of para-hydroxylation sites is 1. The molecule has 3 rings (SSSR count). The summed E-state index contributed by atoms with van der Waals surface area (Å²) in [5.74, 6) is 0. The van der Waals surface area contributed by atoms with Gasteiger partial charge in [0.15, 0.2) is 0 Å². The minimum absolute atomic E-state index is 0.0233. The van der Waals surface area contributed by atoms with Crippen molar-refractivity contribution in [2.75, 3.05) is 13.6 Å². The number of pyridine rings is 1. The van der Waals surface area contributed by atoms with Crippen LogP contribution >= 0.6 is 0 Å². The normalized spacial score (nSPS) is 11.5. The van der Waals surface area contributed by atoms with Gasteiger partial charge in [0, 0.05) is 24.2 Å². The molecule has 5 nitrogen and oxygen atoms in total. The number of H-pyrrole nitrogens is 1. The first kappa shape index (κ1) is 11.9. The lowest BCUT2D eigenvalue weighted by atomic mass is 10.1. The number of nitrogens with zero attached hydrogens (tertiary/aromatic N) is 2. The van der Waals surface area contributed by atoms with E-state index in [9.17, 15) is 4.79 Å². The van der Waals surface area contributed by atoms with Gasteiger partial charge in [0.2, 0.25) is 0 Å². The Morgan fingerprint density at radius 2 is 2.16 bits per heavy atom. The van der Waals surface area contributed by atoms with Crippen molar-refractivity contribution >= 4 is 21.8 Å². The van der Waals surface area contributed by atoms with Crippen molar-refractivity contribution in [3.8, 4) is 0 Å². The maximum absolute atomic E-state index is 12.6. The Hall–Kier alpha value is -2.14. The third-order valence-corrected chi connectivity index (χ3v) is 3.44. The molecule has 2 aromatic heterocycles. The van der Waals surface area contributed by atoms with E-state index in [0.717, 1.165) is 28.7 Å². The lowest BCUT2D eigenvalue weighted by Crippen LogP contribution is -2.26. The first-order valence-corrected chi connectivity index (χ1v) is 6.35. The highest BCUT2D eigenvalue weighted by Gasteiger charge is 2.14. The second-order valence-electron chi connectivity index (χ2n) is 4.65. The number of nitrogens with one attached hydrogen (secondary N) is 2. The van der Waals surface area contributed by atoms with Crippen LogP contribution in [0.3, 0.4) is 0 Å². The van der Waals surface area contributed by atoms with E-state index >= 15 is 0 Å². The van der Waals surface area contributed by atoms with Gasteiger partial charge in [-0.3, -0.25) is 9.89 Å². The average molecular weight is 256 g/mol. The Labute approximate surface area is 110 Å². The number of fused-ring (bicyclic) bond motifs is 3. The van der Waals surface area contributed by atoms with Crippen molar-refractivity contribution in [1.29, 1.82) is 0 Å².